The number of carbonyl (C=O) groups excluding carboxylic acids is 1. The molecule has 0 spiro atoms. The SMILES string of the molecule is COc1ccc2c(c1)c([C@H](C(=O)O)N1CCN(CCC(=O)N(C)C)CC1)cn2CC(=O)O. The molecular formula is C22H30N4O6. The number of methoxy groups -OCH3 is 1. The zero-order chi connectivity index (χ0) is 23.4. The summed E-state index contributed by atoms with van der Waals surface area (Å²) >= 11 is 0. The van der Waals surface area contributed by atoms with E-state index in [0.717, 1.165) is 0 Å². The van der Waals surface area contributed by atoms with E-state index in [1.807, 2.05) is 4.90 Å². The average molecular weight is 447 g/mol. The zero-order valence-corrected chi connectivity index (χ0v) is 18.7. The van der Waals surface area contributed by atoms with E-state index in [0.29, 0.717) is 61.4 Å². The third-order valence-electron chi connectivity index (χ3n) is 5.87. The third kappa shape index (κ3) is 5.20. The minimum absolute atomic E-state index is 0.0658. The van der Waals surface area contributed by atoms with Crippen LogP contribution in [0.1, 0.15) is 18.0 Å². The highest BCUT2D eigenvalue weighted by atomic mass is 16.5. The first-order valence-electron chi connectivity index (χ1n) is 10.5. The summed E-state index contributed by atoms with van der Waals surface area (Å²) in [5.41, 5.74) is 1.19. The van der Waals surface area contributed by atoms with Crippen molar-refractivity contribution in [3.8, 4) is 5.75 Å². The standard InChI is InChI=1S/C22H30N4O6/c1-23(2)19(27)6-7-24-8-10-25(11-9-24)21(22(30)31)17-13-26(14-20(28)29)18-5-4-15(32-3)12-16(17)18/h4-5,12-13,21H,6-11,14H2,1-3H3,(H,28,29)(H,30,31)/t21-/m1/s1. The van der Waals surface area contributed by atoms with Crippen molar-refractivity contribution < 1.29 is 29.3 Å². The van der Waals surface area contributed by atoms with Gasteiger partial charge in [-0.15, -0.1) is 0 Å². The summed E-state index contributed by atoms with van der Waals surface area (Å²) in [4.78, 5) is 41.1. The lowest BCUT2D eigenvalue weighted by atomic mass is 10.0. The van der Waals surface area contributed by atoms with Gasteiger partial charge in [-0.25, -0.2) is 0 Å². The van der Waals surface area contributed by atoms with Gasteiger partial charge in [-0.2, -0.15) is 0 Å². The van der Waals surface area contributed by atoms with Gasteiger partial charge in [0.1, 0.15) is 18.3 Å². The van der Waals surface area contributed by atoms with Gasteiger partial charge in [0, 0.05) is 75.9 Å². The van der Waals surface area contributed by atoms with Gasteiger partial charge in [0.2, 0.25) is 5.91 Å². The molecule has 174 valence electrons. The number of aromatic nitrogens is 1. The number of aliphatic carboxylic acids is 2. The molecule has 0 saturated carbocycles. The number of carboxylic acids is 2. The van der Waals surface area contributed by atoms with Gasteiger partial charge in [0.15, 0.2) is 0 Å². The first-order valence-corrected chi connectivity index (χ1v) is 10.5. The first-order chi connectivity index (χ1) is 15.2. The van der Waals surface area contributed by atoms with E-state index in [9.17, 15) is 24.6 Å². The van der Waals surface area contributed by atoms with Crippen LogP contribution in [0.3, 0.4) is 0 Å². The molecule has 1 aliphatic rings. The van der Waals surface area contributed by atoms with E-state index in [4.69, 9.17) is 4.74 Å². The first kappa shape index (κ1) is 23.6. The Morgan fingerprint density at radius 3 is 2.38 bits per heavy atom. The van der Waals surface area contributed by atoms with E-state index in [2.05, 4.69) is 4.90 Å². The Balaban J connectivity index is 1.84. The van der Waals surface area contributed by atoms with Crippen LogP contribution < -0.4 is 4.74 Å². The van der Waals surface area contributed by atoms with Gasteiger partial charge >= 0.3 is 11.9 Å². The van der Waals surface area contributed by atoms with Crippen molar-refractivity contribution in [2.24, 2.45) is 0 Å². The van der Waals surface area contributed by atoms with Crippen LogP contribution in [0, 0.1) is 0 Å². The summed E-state index contributed by atoms with van der Waals surface area (Å²) in [5, 5.41) is 20.0. The van der Waals surface area contributed by atoms with E-state index >= 15 is 0 Å². The maximum absolute atomic E-state index is 12.3. The molecule has 1 fully saturated rings. The number of carbonyl (C=O) groups is 3. The van der Waals surface area contributed by atoms with Crippen LogP contribution in [0.15, 0.2) is 24.4 Å². The van der Waals surface area contributed by atoms with Gasteiger partial charge in [-0.1, -0.05) is 0 Å². The highest BCUT2D eigenvalue weighted by Crippen LogP contribution is 2.33. The summed E-state index contributed by atoms with van der Waals surface area (Å²) in [7, 11) is 4.99. The van der Waals surface area contributed by atoms with Crippen molar-refractivity contribution in [3.05, 3.63) is 30.0 Å². The molecule has 1 atom stereocenters. The topological polar surface area (TPSA) is 116 Å². The lowest BCUT2D eigenvalue weighted by molar-refractivity contribution is -0.144. The molecule has 2 heterocycles. The second kappa shape index (κ2) is 10.0. The van der Waals surface area contributed by atoms with E-state index in [1.165, 1.54) is 7.11 Å². The number of hydrogen-bond donors (Lipinski definition) is 2. The molecule has 10 nitrogen and oxygen atoms in total. The maximum Gasteiger partial charge on any atom is 0.325 e. The molecule has 2 aromatic rings. The molecular weight excluding hydrogens is 416 g/mol. The van der Waals surface area contributed by atoms with Gasteiger partial charge in [0.05, 0.1) is 7.11 Å². The van der Waals surface area contributed by atoms with Crippen molar-refractivity contribution in [3.63, 3.8) is 0 Å². The zero-order valence-electron chi connectivity index (χ0n) is 18.7. The number of carboxylic acid groups (broad SMARTS) is 2. The largest absolute Gasteiger partial charge is 0.497 e. The molecule has 0 aliphatic carbocycles. The molecule has 1 saturated heterocycles. The number of benzene rings is 1. The summed E-state index contributed by atoms with van der Waals surface area (Å²) in [5.74, 6) is -1.35. The molecule has 32 heavy (non-hydrogen) atoms. The fraction of sp³-hybridized carbons (Fsp3) is 0.500. The van der Waals surface area contributed by atoms with E-state index in [1.54, 1.807) is 48.0 Å². The van der Waals surface area contributed by atoms with Crippen LogP contribution in [-0.4, -0.2) is 101 Å². The van der Waals surface area contributed by atoms with Gasteiger partial charge in [0.25, 0.3) is 0 Å². The van der Waals surface area contributed by atoms with Crippen molar-refractivity contribution in [2.75, 3.05) is 53.9 Å². The molecule has 1 aliphatic heterocycles. The van der Waals surface area contributed by atoms with Crippen molar-refractivity contribution in [2.45, 2.75) is 19.0 Å². The second-order valence-corrected chi connectivity index (χ2v) is 8.15. The Hall–Kier alpha value is -3.11. The highest BCUT2D eigenvalue weighted by molar-refractivity contribution is 5.91. The maximum atomic E-state index is 12.3. The second-order valence-electron chi connectivity index (χ2n) is 8.15. The number of hydrogen-bond acceptors (Lipinski definition) is 6. The molecule has 1 aromatic heterocycles. The molecule has 0 unspecified atom stereocenters. The summed E-state index contributed by atoms with van der Waals surface area (Å²) in [6, 6.07) is 4.32. The molecule has 10 heteroatoms. The smallest absolute Gasteiger partial charge is 0.325 e. The normalized spacial score (nSPS) is 16.1. The number of fused-ring (bicyclic) bond motifs is 1. The predicted octanol–water partition coefficient (Wildman–Crippen LogP) is 0.956. The quantitative estimate of drug-likeness (QED) is 0.585. The number of nitrogens with zero attached hydrogens (tertiary/aromatic N) is 4. The number of rotatable bonds is 9. The molecule has 2 N–H and O–H groups in total. The van der Waals surface area contributed by atoms with Crippen molar-refractivity contribution in [1.29, 1.82) is 0 Å². The van der Waals surface area contributed by atoms with Crippen LogP contribution in [0.4, 0.5) is 0 Å². The Bertz CT molecular complexity index is 994. The van der Waals surface area contributed by atoms with Crippen molar-refractivity contribution >= 4 is 28.7 Å². The summed E-state index contributed by atoms with van der Waals surface area (Å²) in [6.45, 7) is 2.75. The van der Waals surface area contributed by atoms with Crippen LogP contribution in [0.25, 0.3) is 10.9 Å². The molecule has 1 aromatic carbocycles. The van der Waals surface area contributed by atoms with Crippen LogP contribution in [0.2, 0.25) is 0 Å². The Kier molecular flexibility index (Phi) is 7.37. The lowest BCUT2D eigenvalue weighted by Crippen LogP contribution is -2.49. The molecule has 1 amide bonds. The Morgan fingerprint density at radius 2 is 1.81 bits per heavy atom. The van der Waals surface area contributed by atoms with Gasteiger partial charge in [-0.3, -0.25) is 19.3 Å². The van der Waals surface area contributed by atoms with Crippen LogP contribution in [0.5, 0.6) is 5.75 Å². The fourth-order valence-corrected chi connectivity index (χ4v) is 4.13. The van der Waals surface area contributed by atoms with E-state index in [-0.39, 0.29) is 12.5 Å². The van der Waals surface area contributed by atoms with Crippen molar-refractivity contribution in [1.82, 2.24) is 19.3 Å². The van der Waals surface area contributed by atoms with Crippen LogP contribution >= 0.6 is 0 Å². The number of piperazine rings is 1. The van der Waals surface area contributed by atoms with Gasteiger partial charge < -0.3 is 29.3 Å². The Labute approximate surface area is 186 Å². The fourth-order valence-electron chi connectivity index (χ4n) is 4.13. The third-order valence-corrected chi connectivity index (χ3v) is 5.87. The Morgan fingerprint density at radius 1 is 1.12 bits per heavy atom. The molecule has 3 rings (SSSR count). The highest BCUT2D eigenvalue weighted by Gasteiger charge is 2.33. The summed E-state index contributed by atoms with van der Waals surface area (Å²) < 4.78 is 6.87. The minimum atomic E-state index is -1.00. The average Bonchev–Trinajstić information content (AvgIpc) is 3.09. The molecule has 0 radical (unpaired) electrons. The van der Waals surface area contributed by atoms with E-state index < -0.39 is 18.0 Å². The summed E-state index contributed by atoms with van der Waals surface area (Å²) in [6.07, 6.45) is 2.05. The number of amides is 1. The predicted molar refractivity (Wildman–Crippen MR) is 118 cm³/mol. The van der Waals surface area contributed by atoms with Crippen LogP contribution in [-0.2, 0) is 20.9 Å². The lowest BCUT2D eigenvalue weighted by Gasteiger charge is -2.37. The monoisotopic (exact) mass is 446 g/mol. The minimum Gasteiger partial charge on any atom is -0.497 e. The van der Waals surface area contributed by atoms with Gasteiger partial charge in [-0.05, 0) is 18.2 Å². The molecule has 0 bridgehead atoms. The number of ether oxygens (including phenoxy) is 1.